The van der Waals surface area contributed by atoms with Gasteiger partial charge in [-0.15, -0.1) is 0 Å². The van der Waals surface area contributed by atoms with Gasteiger partial charge in [0.05, 0.1) is 30.7 Å². The van der Waals surface area contributed by atoms with Crippen molar-refractivity contribution in [3.8, 4) is 17.2 Å². The number of hydrogen-bond donors (Lipinski definition) is 1. The number of nitrogens with one attached hydrogen (secondary N) is 1. The lowest BCUT2D eigenvalue weighted by molar-refractivity contribution is 0.122. The number of rotatable bonds is 3. The highest BCUT2D eigenvalue weighted by Crippen LogP contribution is 2.25. The fraction of sp³-hybridized carbons (Fsp3) is 0.263. The zero-order chi connectivity index (χ0) is 18.2. The topological polar surface area (TPSA) is 84.8 Å². The van der Waals surface area contributed by atoms with Crippen LogP contribution in [0.3, 0.4) is 0 Å². The van der Waals surface area contributed by atoms with E-state index >= 15 is 0 Å². The third-order valence-electron chi connectivity index (χ3n) is 4.67. The molecular weight excluding hydrogens is 342 g/mol. The van der Waals surface area contributed by atoms with Gasteiger partial charge < -0.3 is 14.6 Å². The van der Waals surface area contributed by atoms with Crippen molar-refractivity contribution >= 4 is 16.9 Å². The average Bonchev–Trinajstić information content (AvgIpc) is 3.35. The molecule has 0 amide bonds. The second-order valence-corrected chi connectivity index (χ2v) is 6.45. The van der Waals surface area contributed by atoms with Crippen LogP contribution in [0.2, 0.25) is 0 Å². The fourth-order valence-electron chi connectivity index (χ4n) is 3.39. The Balaban J connectivity index is 1.62. The van der Waals surface area contributed by atoms with Gasteiger partial charge >= 0.3 is 0 Å². The number of aryl methyl sites for hydroxylation is 1. The molecule has 1 fully saturated rings. The van der Waals surface area contributed by atoms with Crippen molar-refractivity contribution in [2.75, 3.05) is 31.2 Å². The summed E-state index contributed by atoms with van der Waals surface area (Å²) in [6.07, 6.45) is 1.69. The number of para-hydroxylation sites is 1. The van der Waals surface area contributed by atoms with E-state index < -0.39 is 0 Å². The molecule has 4 aromatic rings. The SMILES string of the molecule is Cc1nc(-c2cccc(N3CCOCC3)n2)n(-c2cccc3[nH]cnc23)n1. The van der Waals surface area contributed by atoms with E-state index in [1.165, 1.54) is 0 Å². The van der Waals surface area contributed by atoms with Crippen molar-refractivity contribution in [3.05, 3.63) is 48.5 Å². The smallest absolute Gasteiger partial charge is 0.182 e. The number of benzene rings is 1. The maximum atomic E-state index is 5.44. The maximum Gasteiger partial charge on any atom is 0.182 e. The Morgan fingerprint density at radius 3 is 2.78 bits per heavy atom. The lowest BCUT2D eigenvalue weighted by Gasteiger charge is -2.27. The van der Waals surface area contributed by atoms with Crippen molar-refractivity contribution in [2.24, 2.45) is 0 Å². The number of pyridine rings is 1. The van der Waals surface area contributed by atoms with Gasteiger partial charge in [-0.3, -0.25) is 0 Å². The highest BCUT2D eigenvalue weighted by molar-refractivity contribution is 5.84. The van der Waals surface area contributed by atoms with Gasteiger partial charge in [-0.05, 0) is 31.2 Å². The number of aromatic amines is 1. The maximum absolute atomic E-state index is 5.44. The molecule has 5 rings (SSSR count). The lowest BCUT2D eigenvalue weighted by atomic mass is 10.2. The average molecular weight is 361 g/mol. The Bertz CT molecular complexity index is 1090. The van der Waals surface area contributed by atoms with Crippen molar-refractivity contribution in [1.82, 2.24) is 29.7 Å². The Kier molecular flexibility index (Phi) is 3.83. The number of ether oxygens (including phenoxy) is 1. The van der Waals surface area contributed by atoms with Crippen LogP contribution in [-0.2, 0) is 4.74 Å². The summed E-state index contributed by atoms with van der Waals surface area (Å²) in [5, 5.41) is 4.61. The second kappa shape index (κ2) is 6.48. The first kappa shape index (κ1) is 16.0. The summed E-state index contributed by atoms with van der Waals surface area (Å²) >= 11 is 0. The van der Waals surface area contributed by atoms with Crippen molar-refractivity contribution in [1.29, 1.82) is 0 Å². The number of H-pyrrole nitrogens is 1. The summed E-state index contributed by atoms with van der Waals surface area (Å²) < 4.78 is 7.27. The molecule has 0 radical (unpaired) electrons. The molecule has 0 unspecified atom stereocenters. The van der Waals surface area contributed by atoms with Crippen LogP contribution in [-0.4, -0.2) is 56.0 Å². The molecule has 0 aliphatic carbocycles. The van der Waals surface area contributed by atoms with E-state index in [9.17, 15) is 0 Å². The Hall–Kier alpha value is -3.26. The summed E-state index contributed by atoms with van der Waals surface area (Å²) in [6, 6.07) is 12.0. The first-order chi connectivity index (χ1) is 13.3. The molecule has 0 bridgehead atoms. The molecule has 1 aliphatic rings. The predicted molar refractivity (Wildman–Crippen MR) is 102 cm³/mol. The van der Waals surface area contributed by atoms with Crippen LogP contribution in [0.1, 0.15) is 5.82 Å². The van der Waals surface area contributed by atoms with Crippen LogP contribution in [0.15, 0.2) is 42.7 Å². The molecule has 0 atom stereocenters. The van der Waals surface area contributed by atoms with E-state index in [0.717, 1.165) is 54.5 Å². The molecule has 0 saturated carbocycles. The molecule has 1 saturated heterocycles. The zero-order valence-electron chi connectivity index (χ0n) is 15.0. The molecule has 4 heterocycles. The molecule has 0 spiro atoms. The van der Waals surface area contributed by atoms with Crippen LogP contribution in [0.25, 0.3) is 28.2 Å². The fourth-order valence-corrected chi connectivity index (χ4v) is 3.39. The number of fused-ring (bicyclic) bond motifs is 1. The van der Waals surface area contributed by atoms with E-state index in [0.29, 0.717) is 11.6 Å². The van der Waals surface area contributed by atoms with Gasteiger partial charge in [-0.1, -0.05) is 12.1 Å². The predicted octanol–water partition coefficient (Wildman–Crippen LogP) is 2.35. The number of morpholine rings is 1. The highest BCUT2D eigenvalue weighted by atomic mass is 16.5. The number of anilines is 1. The molecule has 8 nitrogen and oxygen atoms in total. The monoisotopic (exact) mass is 361 g/mol. The van der Waals surface area contributed by atoms with Crippen molar-refractivity contribution < 1.29 is 4.74 Å². The largest absolute Gasteiger partial charge is 0.378 e. The van der Waals surface area contributed by atoms with Gasteiger partial charge in [0.1, 0.15) is 22.9 Å². The number of aromatic nitrogens is 6. The molecule has 1 aromatic carbocycles. The van der Waals surface area contributed by atoms with Crippen LogP contribution < -0.4 is 4.90 Å². The minimum atomic E-state index is 0.691. The Morgan fingerprint density at radius 1 is 1.04 bits per heavy atom. The molecule has 1 N–H and O–H groups in total. The van der Waals surface area contributed by atoms with Crippen molar-refractivity contribution in [3.63, 3.8) is 0 Å². The van der Waals surface area contributed by atoms with Gasteiger partial charge in [0.15, 0.2) is 5.82 Å². The van der Waals surface area contributed by atoms with E-state index in [2.05, 4.69) is 25.0 Å². The van der Waals surface area contributed by atoms with Gasteiger partial charge in [0.2, 0.25) is 0 Å². The lowest BCUT2D eigenvalue weighted by Crippen LogP contribution is -2.36. The highest BCUT2D eigenvalue weighted by Gasteiger charge is 2.18. The molecular formula is C19H19N7O. The molecule has 3 aromatic heterocycles. The van der Waals surface area contributed by atoms with E-state index in [-0.39, 0.29) is 0 Å². The molecule has 8 heteroatoms. The Labute approximate surface area is 155 Å². The van der Waals surface area contributed by atoms with Gasteiger partial charge in [0, 0.05) is 13.1 Å². The van der Waals surface area contributed by atoms with E-state index in [4.69, 9.17) is 9.72 Å². The third-order valence-corrected chi connectivity index (χ3v) is 4.67. The standard InChI is InChI=1S/C19H19N7O/c1-13-22-19(15-5-3-7-17(23-15)25-8-10-27-11-9-25)26(24-13)16-6-2-4-14-18(16)21-12-20-14/h2-7,12H,8-11H2,1H3,(H,20,21). The van der Waals surface area contributed by atoms with Crippen LogP contribution in [0.5, 0.6) is 0 Å². The number of hydrogen-bond acceptors (Lipinski definition) is 6. The van der Waals surface area contributed by atoms with E-state index in [1.807, 2.05) is 48.0 Å². The molecule has 136 valence electrons. The number of nitrogens with zero attached hydrogens (tertiary/aromatic N) is 6. The first-order valence-corrected chi connectivity index (χ1v) is 8.96. The minimum Gasteiger partial charge on any atom is -0.378 e. The van der Waals surface area contributed by atoms with Crippen LogP contribution in [0, 0.1) is 6.92 Å². The number of imidazole rings is 1. The van der Waals surface area contributed by atoms with Crippen LogP contribution >= 0.6 is 0 Å². The molecule has 27 heavy (non-hydrogen) atoms. The quantitative estimate of drug-likeness (QED) is 0.603. The summed E-state index contributed by atoms with van der Waals surface area (Å²) in [5.41, 5.74) is 3.48. The normalized spacial score (nSPS) is 14.8. The first-order valence-electron chi connectivity index (χ1n) is 8.96. The minimum absolute atomic E-state index is 0.691. The second-order valence-electron chi connectivity index (χ2n) is 6.45. The van der Waals surface area contributed by atoms with Gasteiger partial charge in [-0.25, -0.2) is 19.6 Å². The van der Waals surface area contributed by atoms with Crippen molar-refractivity contribution in [2.45, 2.75) is 6.92 Å². The van der Waals surface area contributed by atoms with Gasteiger partial charge in [0.25, 0.3) is 0 Å². The Morgan fingerprint density at radius 2 is 1.89 bits per heavy atom. The summed E-state index contributed by atoms with van der Waals surface area (Å²) in [7, 11) is 0. The summed E-state index contributed by atoms with van der Waals surface area (Å²) in [4.78, 5) is 19.3. The van der Waals surface area contributed by atoms with Crippen LogP contribution in [0.4, 0.5) is 5.82 Å². The van der Waals surface area contributed by atoms with Gasteiger partial charge in [-0.2, -0.15) is 5.10 Å². The molecule has 1 aliphatic heterocycles. The zero-order valence-corrected chi connectivity index (χ0v) is 15.0. The summed E-state index contributed by atoms with van der Waals surface area (Å²) in [5.74, 6) is 2.33. The summed E-state index contributed by atoms with van der Waals surface area (Å²) in [6.45, 7) is 5.02. The third kappa shape index (κ3) is 2.83. The van der Waals surface area contributed by atoms with E-state index in [1.54, 1.807) is 6.33 Å².